The summed E-state index contributed by atoms with van der Waals surface area (Å²) in [6, 6.07) is 13.6. The maximum Gasteiger partial charge on any atom is 0.261 e. The van der Waals surface area contributed by atoms with Crippen LogP contribution < -0.4 is 10.9 Å². The van der Waals surface area contributed by atoms with Crippen LogP contribution in [0.15, 0.2) is 53.6 Å². The van der Waals surface area contributed by atoms with Crippen LogP contribution in [-0.4, -0.2) is 15.5 Å². The Kier molecular flexibility index (Phi) is 4.93. The van der Waals surface area contributed by atoms with Crippen molar-refractivity contribution in [1.82, 2.24) is 14.9 Å². The van der Waals surface area contributed by atoms with Gasteiger partial charge in [-0.05, 0) is 31.0 Å². The van der Waals surface area contributed by atoms with Gasteiger partial charge < -0.3 is 5.32 Å². The third-order valence-electron chi connectivity index (χ3n) is 4.25. The van der Waals surface area contributed by atoms with Crippen LogP contribution in [0.5, 0.6) is 0 Å². The van der Waals surface area contributed by atoms with Gasteiger partial charge in [-0.15, -0.1) is 0 Å². The Bertz CT molecular complexity index is 959. The fourth-order valence-corrected chi connectivity index (χ4v) is 2.71. The van der Waals surface area contributed by atoms with Crippen molar-refractivity contribution in [1.29, 1.82) is 0 Å². The number of aryl methyl sites for hydroxylation is 3. The van der Waals surface area contributed by atoms with Crippen molar-refractivity contribution in [2.75, 3.05) is 0 Å². The van der Waals surface area contributed by atoms with Crippen LogP contribution >= 0.6 is 0 Å². The lowest BCUT2D eigenvalue weighted by atomic mass is 10.1. The molecule has 0 aliphatic heterocycles. The van der Waals surface area contributed by atoms with Gasteiger partial charge in [0.1, 0.15) is 0 Å². The lowest BCUT2D eigenvalue weighted by molar-refractivity contribution is -0.121. The number of para-hydroxylation sites is 1. The number of benzene rings is 2. The van der Waals surface area contributed by atoms with Gasteiger partial charge >= 0.3 is 0 Å². The smallest absolute Gasteiger partial charge is 0.261 e. The summed E-state index contributed by atoms with van der Waals surface area (Å²) in [4.78, 5) is 28.9. The van der Waals surface area contributed by atoms with E-state index in [2.05, 4.69) is 10.3 Å². The summed E-state index contributed by atoms with van der Waals surface area (Å²) in [7, 11) is 0. The van der Waals surface area contributed by atoms with Crippen LogP contribution in [0, 0.1) is 13.8 Å². The molecule has 1 N–H and O–H groups in total. The minimum Gasteiger partial charge on any atom is -0.352 e. The second-order valence-corrected chi connectivity index (χ2v) is 6.23. The van der Waals surface area contributed by atoms with Crippen LogP contribution in [0.4, 0.5) is 0 Å². The number of carbonyl (C=O) groups is 1. The second kappa shape index (κ2) is 7.30. The molecule has 3 rings (SSSR count). The summed E-state index contributed by atoms with van der Waals surface area (Å²) in [5, 5.41) is 3.47. The third kappa shape index (κ3) is 3.94. The Balaban J connectivity index is 1.62. The molecule has 5 nitrogen and oxygen atoms in total. The molecule has 0 saturated heterocycles. The highest BCUT2D eigenvalue weighted by atomic mass is 16.1. The quantitative estimate of drug-likeness (QED) is 0.780. The van der Waals surface area contributed by atoms with E-state index >= 15 is 0 Å². The molecule has 0 bridgehead atoms. The van der Waals surface area contributed by atoms with Crippen molar-refractivity contribution in [3.05, 3.63) is 75.8 Å². The maximum absolute atomic E-state index is 12.5. The molecular weight excluding hydrogens is 314 g/mol. The zero-order chi connectivity index (χ0) is 17.8. The van der Waals surface area contributed by atoms with E-state index in [-0.39, 0.29) is 17.9 Å². The number of hydrogen-bond donors (Lipinski definition) is 1. The molecule has 128 valence electrons. The van der Waals surface area contributed by atoms with Gasteiger partial charge in [0, 0.05) is 19.5 Å². The molecule has 3 aromatic rings. The Morgan fingerprint density at radius 2 is 1.88 bits per heavy atom. The lowest BCUT2D eigenvalue weighted by Gasteiger charge is -2.09. The summed E-state index contributed by atoms with van der Waals surface area (Å²) < 4.78 is 1.49. The van der Waals surface area contributed by atoms with Crippen molar-refractivity contribution in [2.24, 2.45) is 0 Å². The van der Waals surface area contributed by atoms with Gasteiger partial charge in [0.15, 0.2) is 0 Å². The molecule has 2 aromatic carbocycles. The number of hydrogen-bond acceptors (Lipinski definition) is 3. The first kappa shape index (κ1) is 16.9. The fraction of sp³-hybridized carbons (Fsp3) is 0.250. The first-order chi connectivity index (χ1) is 12.0. The first-order valence-electron chi connectivity index (χ1n) is 8.31. The molecule has 5 heteroatoms. The number of rotatable bonds is 5. The largest absolute Gasteiger partial charge is 0.352 e. The molecule has 0 fully saturated rings. The van der Waals surface area contributed by atoms with Crippen LogP contribution in [-0.2, 0) is 17.9 Å². The highest BCUT2D eigenvalue weighted by molar-refractivity contribution is 5.80. The van der Waals surface area contributed by atoms with E-state index in [1.54, 1.807) is 6.07 Å². The minimum absolute atomic E-state index is 0.0863. The molecule has 0 aliphatic carbocycles. The van der Waals surface area contributed by atoms with E-state index in [1.807, 2.05) is 50.2 Å². The Morgan fingerprint density at radius 3 is 2.64 bits per heavy atom. The maximum atomic E-state index is 12.5. The Morgan fingerprint density at radius 1 is 1.12 bits per heavy atom. The number of nitrogens with one attached hydrogen (secondary N) is 1. The molecule has 0 radical (unpaired) electrons. The SMILES string of the molecule is Cc1ccc(CNC(=O)CCn2cnc3c(C)cccc3c2=O)cc1. The van der Waals surface area contributed by atoms with E-state index in [4.69, 9.17) is 0 Å². The van der Waals surface area contributed by atoms with E-state index < -0.39 is 0 Å². The average molecular weight is 335 g/mol. The zero-order valence-electron chi connectivity index (χ0n) is 14.5. The molecule has 0 spiro atoms. The van der Waals surface area contributed by atoms with Crippen LogP contribution in [0.2, 0.25) is 0 Å². The Hall–Kier alpha value is -2.95. The molecule has 25 heavy (non-hydrogen) atoms. The molecule has 0 unspecified atom stereocenters. The summed E-state index contributed by atoms with van der Waals surface area (Å²) >= 11 is 0. The van der Waals surface area contributed by atoms with Crippen molar-refractivity contribution in [2.45, 2.75) is 33.4 Å². The highest BCUT2D eigenvalue weighted by Crippen LogP contribution is 2.11. The van der Waals surface area contributed by atoms with E-state index in [0.29, 0.717) is 24.0 Å². The van der Waals surface area contributed by atoms with Gasteiger partial charge in [-0.25, -0.2) is 4.98 Å². The van der Waals surface area contributed by atoms with Crippen molar-refractivity contribution < 1.29 is 4.79 Å². The van der Waals surface area contributed by atoms with Crippen LogP contribution in [0.3, 0.4) is 0 Å². The monoisotopic (exact) mass is 335 g/mol. The zero-order valence-corrected chi connectivity index (χ0v) is 14.5. The number of nitrogens with zero attached hydrogens (tertiary/aromatic N) is 2. The van der Waals surface area contributed by atoms with Crippen molar-refractivity contribution in [3.8, 4) is 0 Å². The summed E-state index contributed by atoms with van der Waals surface area (Å²) in [6.45, 7) is 4.76. The predicted molar refractivity (Wildman–Crippen MR) is 98.4 cm³/mol. The number of aromatic nitrogens is 2. The van der Waals surface area contributed by atoms with Gasteiger partial charge in [0.05, 0.1) is 17.2 Å². The van der Waals surface area contributed by atoms with Gasteiger partial charge in [0.2, 0.25) is 5.91 Å². The average Bonchev–Trinajstić information content (AvgIpc) is 2.61. The van der Waals surface area contributed by atoms with Gasteiger partial charge in [-0.3, -0.25) is 14.2 Å². The van der Waals surface area contributed by atoms with Crippen molar-refractivity contribution in [3.63, 3.8) is 0 Å². The fourth-order valence-electron chi connectivity index (χ4n) is 2.71. The number of carbonyl (C=O) groups excluding carboxylic acids is 1. The summed E-state index contributed by atoms with van der Waals surface area (Å²) in [6.07, 6.45) is 1.76. The number of amides is 1. The second-order valence-electron chi connectivity index (χ2n) is 6.23. The Labute approximate surface area is 146 Å². The van der Waals surface area contributed by atoms with Gasteiger partial charge in [-0.1, -0.05) is 42.0 Å². The highest BCUT2D eigenvalue weighted by Gasteiger charge is 2.08. The summed E-state index contributed by atoms with van der Waals surface area (Å²) in [5.41, 5.74) is 3.82. The molecule has 1 aromatic heterocycles. The lowest BCUT2D eigenvalue weighted by Crippen LogP contribution is -2.27. The van der Waals surface area contributed by atoms with Crippen LogP contribution in [0.1, 0.15) is 23.1 Å². The first-order valence-corrected chi connectivity index (χ1v) is 8.31. The van der Waals surface area contributed by atoms with Crippen LogP contribution in [0.25, 0.3) is 10.9 Å². The van der Waals surface area contributed by atoms with E-state index in [1.165, 1.54) is 16.5 Å². The predicted octanol–water partition coefficient (Wildman–Crippen LogP) is 2.72. The van der Waals surface area contributed by atoms with Gasteiger partial charge in [-0.2, -0.15) is 0 Å². The van der Waals surface area contributed by atoms with Crippen molar-refractivity contribution >= 4 is 16.8 Å². The standard InChI is InChI=1S/C20H21N3O2/c1-14-6-8-16(9-7-14)12-21-18(24)10-11-23-13-22-19-15(2)4-3-5-17(19)20(23)25/h3-9,13H,10-12H2,1-2H3,(H,21,24). The third-order valence-corrected chi connectivity index (χ3v) is 4.25. The normalized spacial score (nSPS) is 10.8. The topological polar surface area (TPSA) is 64.0 Å². The van der Waals surface area contributed by atoms with E-state index in [9.17, 15) is 9.59 Å². The summed E-state index contributed by atoms with van der Waals surface area (Å²) in [5.74, 6) is -0.0863. The molecular formula is C20H21N3O2. The minimum atomic E-state index is -0.111. The molecule has 0 aliphatic rings. The molecule has 1 amide bonds. The molecule has 0 atom stereocenters. The van der Waals surface area contributed by atoms with Gasteiger partial charge in [0.25, 0.3) is 5.56 Å². The molecule has 1 heterocycles. The van der Waals surface area contributed by atoms with E-state index in [0.717, 1.165) is 11.1 Å². The molecule has 0 saturated carbocycles. The number of fused-ring (bicyclic) bond motifs is 1.